The van der Waals surface area contributed by atoms with Crippen LogP contribution in [0.4, 0.5) is 5.69 Å². The van der Waals surface area contributed by atoms with Gasteiger partial charge < -0.3 is 10.1 Å². The molecule has 0 saturated carbocycles. The van der Waals surface area contributed by atoms with Crippen LogP contribution in [0.1, 0.15) is 50.5 Å². The molecule has 1 aliphatic rings. The summed E-state index contributed by atoms with van der Waals surface area (Å²) in [5, 5.41) is 2.91. The molecule has 0 unspecified atom stereocenters. The summed E-state index contributed by atoms with van der Waals surface area (Å²) < 4.78 is 33.0. The van der Waals surface area contributed by atoms with Crippen molar-refractivity contribution < 1.29 is 17.9 Å². The van der Waals surface area contributed by atoms with E-state index < -0.39 is 10.0 Å². The fourth-order valence-electron chi connectivity index (χ4n) is 3.84. The van der Waals surface area contributed by atoms with Crippen molar-refractivity contribution in [2.24, 2.45) is 0 Å². The first-order valence-corrected chi connectivity index (χ1v) is 12.0. The fourth-order valence-corrected chi connectivity index (χ4v) is 5.39. The first-order valence-electron chi connectivity index (χ1n) is 10.5. The molecule has 0 radical (unpaired) electrons. The van der Waals surface area contributed by atoms with Crippen LogP contribution in [0.3, 0.4) is 0 Å². The van der Waals surface area contributed by atoms with Crippen molar-refractivity contribution in [3.63, 3.8) is 0 Å². The third-order valence-corrected chi connectivity index (χ3v) is 7.37. The van der Waals surface area contributed by atoms with Crippen LogP contribution in [-0.4, -0.2) is 38.8 Å². The number of ether oxygens (including phenoxy) is 1. The Morgan fingerprint density at radius 1 is 1.10 bits per heavy atom. The van der Waals surface area contributed by atoms with Crippen molar-refractivity contribution in [2.75, 3.05) is 25.5 Å². The molecule has 1 atom stereocenters. The van der Waals surface area contributed by atoms with Gasteiger partial charge in [-0.1, -0.05) is 50.1 Å². The van der Waals surface area contributed by atoms with E-state index in [1.54, 1.807) is 12.1 Å². The molecule has 2 aromatic rings. The normalized spacial score (nSPS) is 16.1. The van der Waals surface area contributed by atoms with Crippen molar-refractivity contribution in [3.8, 4) is 5.75 Å². The second-order valence-corrected chi connectivity index (χ2v) is 9.51. The molecule has 1 saturated heterocycles. The number of rotatable bonds is 8. The quantitative estimate of drug-likeness (QED) is 0.674. The molecule has 6 nitrogen and oxygen atoms in total. The number of carbonyl (C=O) groups is 1. The molecular weight excluding hydrogens is 400 g/mol. The summed E-state index contributed by atoms with van der Waals surface area (Å²) in [6, 6.07) is 14.3. The van der Waals surface area contributed by atoms with Crippen molar-refractivity contribution >= 4 is 21.6 Å². The summed E-state index contributed by atoms with van der Waals surface area (Å²) in [7, 11) is -2.10. The van der Waals surface area contributed by atoms with Gasteiger partial charge in [-0.15, -0.1) is 0 Å². The van der Waals surface area contributed by atoms with Gasteiger partial charge in [0.1, 0.15) is 5.75 Å². The average molecular weight is 431 g/mol. The number of methoxy groups -OCH3 is 1. The van der Waals surface area contributed by atoms with Gasteiger partial charge >= 0.3 is 0 Å². The van der Waals surface area contributed by atoms with Crippen LogP contribution in [0.25, 0.3) is 0 Å². The van der Waals surface area contributed by atoms with Crippen LogP contribution in [-0.2, 0) is 14.8 Å². The van der Waals surface area contributed by atoms with Gasteiger partial charge in [0.05, 0.1) is 23.6 Å². The zero-order chi connectivity index (χ0) is 21.6. The summed E-state index contributed by atoms with van der Waals surface area (Å²) in [4.78, 5) is 13.3. The minimum absolute atomic E-state index is 0.172. The van der Waals surface area contributed by atoms with Gasteiger partial charge in [0.15, 0.2) is 0 Å². The number of carbonyl (C=O) groups excluding carboxylic acids is 1. The van der Waals surface area contributed by atoms with Crippen LogP contribution in [0.5, 0.6) is 5.75 Å². The van der Waals surface area contributed by atoms with Crippen molar-refractivity contribution in [3.05, 3.63) is 54.1 Å². The van der Waals surface area contributed by atoms with Crippen molar-refractivity contribution in [2.45, 2.75) is 49.8 Å². The zero-order valence-electron chi connectivity index (χ0n) is 17.6. The van der Waals surface area contributed by atoms with E-state index in [-0.39, 0.29) is 16.7 Å². The molecule has 1 amide bonds. The fraction of sp³-hybridized carbons (Fsp3) is 0.435. The number of nitrogens with one attached hydrogen (secondary N) is 1. The smallest absolute Gasteiger partial charge is 0.243 e. The Labute approximate surface area is 179 Å². The standard InChI is InChI=1S/C23H30N2O4S/c1-3-10-20(18-11-6-4-7-12-18)23(26)24-21-17-19(13-14-22(21)29-2)30(27,28)25-15-8-5-9-16-25/h4,6-7,11-14,17,20H,3,5,8-10,15-16H2,1-2H3,(H,24,26)/t20-/m1/s1. The average Bonchev–Trinajstić information content (AvgIpc) is 2.78. The topological polar surface area (TPSA) is 75.7 Å². The highest BCUT2D eigenvalue weighted by Gasteiger charge is 2.27. The van der Waals surface area contributed by atoms with Crippen LogP contribution in [0.2, 0.25) is 0 Å². The molecule has 1 aliphatic heterocycles. The van der Waals surface area contributed by atoms with Gasteiger partial charge in [-0.3, -0.25) is 4.79 Å². The molecule has 162 valence electrons. The molecule has 3 rings (SSSR count). The van der Waals surface area contributed by atoms with E-state index >= 15 is 0 Å². The Bertz CT molecular complexity index is 954. The van der Waals surface area contributed by atoms with Crippen LogP contribution >= 0.6 is 0 Å². The first kappa shape index (κ1) is 22.3. The lowest BCUT2D eigenvalue weighted by Gasteiger charge is -2.26. The van der Waals surface area contributed by atoms with Crippen LogP contribution in [0, 0.1) is 0 Å². The van der Waals surface area contributed by atoms with Crippen LogP contribution < -0.4 is 10.1 Å². The Kier molecular flexibility index (Phi) is 7.50. The van der Waals surface area contributed by atoms with E-state index in [1.165, 1.54) is 17.5 Å². The maximum atomic E-state index is 13.1. The van der Waals surface area contributed by atoms with Gasteiger partial charge in [-0.25, -0.2) is 8.42 Å². The summed E-state index contributed by atoms with van der Waals surface area (Å²) >= 11 is 0. The van der Waals surface area contributed by atoms with Gasteiger partial charge in [0, 0.05) is 13.1 Å². The number of hydrogen-bond donors (Lipinski definition) is 1. The summed E-state index contributed by atoms with van der Waals surface area (Å²) in [6.45, 7) is 3.10. The Morgan fingerprint density at radius 2 is 1.80 bits per heavy atom. The summed E-state index contributed by atoms with van der Waals surface area (Å²) in [5.74, 6) is -0.0543. The number of hydrogen-bond acceptors (Lipinski definition) is 4. The number of anilines is 1. The number of nitrogens with zero attached hydrogens (tertiary/aromatic N) is 1. The van der Waals surface area contributed by atoms with E-state index in [4.69, 9.17) is 4.74 Å². The molecule has 1 heterocycles. The van der Waals surface area contributed by atoms with E-state index in [2.05, 4.69) is 5.32 Å². The molecule has 0 bridgehead atoms. The Morgan fingerprint density at radius 3 is 2.43 bits per heavy atom. The molecule has 2 aromatic carbocycles. The lowest BCUT2D eigenvalue weighted by molar-refractivity contribution is -0.117. The van der Waals surface area contributed by atoms with Crippen LogP contribution in [0.15, 0.2) is 53.4 Å². The predicted molar refractivity (Wildman–Crippen MR) is 118 cm³/mol. The highest BCUT2D eigenvalue weighted by molar-refractivity contribution is 7.89. The highest BCUT2D eigenvalue weighted by Crippen LogP contribution is 2.32. The lowest BCUT2D eigenvalue weighted by atomic mass is 9.93. The van der Waals surface area contributed by atoms with Crippen molar-refractivity contribution in [1.29, 1.82) is 0 Å². The largest absolute Gasteiger partial charge is 0.495 e. The zero-order valence-corrected chi connectivity index (χ0v) is 18.5. The monoisotopic (exact) mass is 430 g/mol. The van der Waals surface area contributed by atoms with Gasteiger partial charge in [-0.2, -0.15) is 4.31 Å². The molecule has 1 N–H and O–H groups in total. The second-order valence-electron chi connectivity index (χ2n) is 7.57. The third-order valence-electron chi connectivity index (χ3n) is 5.48. The number of benzene rings is 2. The maximum Gasteiger partial charge on any atom is 0.243 e. The minimum Gasteiger partial charge on any atom is -0.495 e. The molecule has 7 heteroatoms. The van der Waals surface area contributed by atoms with Crippen molar-refractivity contribution in [1.82, 2.24) is 4.31 Å². The van der Waals surface area contributed by atoms with E-state index in [9.17, 15) is 13.2 Å². The van der Waals surface area contributed by atoms with E-state index in [0.717, 1.165) is 31.2 Å². The third kappa shape index (κ3) is 5.02. The molecule has 30 heavy (non-hydrogen) atoms. The first-order chi connectivity index (χ1) is 14.5. The highest BCUT2D eigenvalue weighted by atomic mass is 32.2. The molecule has 0 aromatic heterocycles. The lowest BCUT2D eigenvalue weighted by Crippen LogP contribution is -2.35. The SMILES string of the molecule is CCC[C@@H](C(=O)Nc1cc(S(=O)(=O)N2CCCCC2)ccc1OC)c1ccccc1. The van der Waals surface area contributed by atoms with E-state index in [1.807, 2.05) is 37.3 Å². The van der Waals surface area contributed by atoms with E-state index in [0.29, 0.717) is 30.9 Å². The Balaban J connectivity index is 1.89. The number of sulfonamides is 1. The van der Waals surface area contributed by atoms with Gasteiger partial charge in [0.2, 0.25) is 15.9 Å². The summed E-state index contributed by atoms with van der Waals surface area (Å²) in [5.41, 5.74) is 1.31. The molecule has 1 fully saturated rings. The Hall–Kier alpha value is -2.38. The van der Waals surface area contributed by atoms with Gasteiger partial charge in [-0.05, 0) is 43.0 Å². The minimum atomic E-state index is -3.60. The maximum absolute atomic E-state index is 13.1. The van der Waals surface area contributed by atoms with Gasteiger partial charge in [0.25, 0.3) is 0 Å². The molecular formula is C23H30N2O4S. The number of piperidine rings is 1. The predicted octanol–water partition coefficient (Wildman–Crippen LogP) is 4.39. The summed E-state index contributed by atoms with van der Waals surface area (Å²) in [6.07, 6.45) is 4.34. The second kappa shape index (κ2) is 10.1. The number of amides is 1. The molecule has 0 spiro atoms. The molecule has 0 aliphatic carbocycles.